The van der Waals surface area contributed by atoms with Gasteiger partial charge in [-0.05, 0) is 0 Å². The van der Waals surface area contributed by atoms with Gasteiger partial charge in [-0.25, -0.2) is 14.8 Å². The van der Waals surface area contributed by atoms with E-state index in [0.29, 0.717) is 26.3 Å². The van der Waals surface area contributed by atoms with Crippen molar-refractivity contribution in [3.8, 4) is 0 Å². The van der Waals surface area contributed by atoms with Crippen molar-refractivity contribution in [1.82, 2.24) is 14.9 Å². The molecule has 1 amide bonds. The zero-order valence-electron chi connectivity index (χ0n) is 11.4. The zero-order valence-corrected chi connectivity index (χ0v) is 11.4. The molecule has 0 atom stereocenters. The Kier molecular flexibility index (Phi) is 6.54. The van der Waals surface area contributed by atoms with E-state index in [1.807, 2.05) is 0 Å². The molecule has 0 spiro atoms. The summed E-state index contributed by atoms with van der Waals surface area (Å²) in [5.74, 6) is -1.53. The van der Waals surface area contributed by atoms with E-state index in [1.165, 1.54) is 4.90 Å². The molecule has 0 saturated carbocycles. The summed E-state index contributed by atoms with van der Waals surface area (Å²) in [5, 5.41) is 8.72. The van der Waals surface area contributed by atoms with Crippen LogP contribution in [0.25, 0.3) is 0 Å². The molecule has 0 unspecified atom stereocenters. The lowest BCUT2D eigenvalue weighted by Gasteiger charge is -2.21. The van der Waals surface area contributed by atoms with Gasteiger partial charge in [-0.2, -0.15) is 0 Å². The predicted molar refractivity (Wildman–Crippen MR) is 68.6 cm³/mol. The van der Waals surface area contributed by atoms with Crippen molar-refractivity contribution in [3.05, 3.63) is 23.8 Å². The van der Waals surface area contributed by atoms with Crippen LogP contribution in [0.2, 0.25) is 0 Å². The van der Waals surface area contributed by atoms with Crippen molar-refractivity contribution >= 4 is 11.9 Å². The summed E-state index contributed by atoms with van der Waals surface area (Å²) < 4.78 is 9.88. The van der Waals surface area contributed by atoms with E-state index in [2.05, 4.69) is 9.97 Å². The van der Waals surface area contributed by atoms with Crippen LogP contribution in [0.15, 0.2) is 12.4 Å². The van der Waals surface area contributed by atoms with Crippen LogP contribution in [0.4, 0.5) is 0 Å². The van der Waals surface area contributed by atoms with Crippen LogP contribution in [-0.4, -0.2) is 72.4 Å². The maximum Gasteiger partial charge on any atom is 0.356 e. The molecule has 110 valence electrons. The number of methoxy groups -OCH3 is 2. The summed E-state index contributed by atoms with van der Waals surface area (Å²) >= 11 is 0. The first kappa shape index (κ1) is 16.0. The first-order valence-corrected chi connectivity index (χ1v) is 5.92. The maximum atomic E-state index is 12.2. The number of carbonyl (C=O) groups is 2. The number of amides is 1. The van der Waals surface area contributed by atoms with Crippen LogP contribution in [0, 0.1) is 0 Å². The highest BCUT2D eigenvalue weighted by molar-refractivity contribution is 5.92. The minimum Gasteiger partial charge on any atom is -0.476 e. The number of rotatable bonds is 8. The second-order valence-corrected chi connectivity index (χ2v) is 3.87. The third-order valence-corrected chi connectivity index (χ3v) is 2.51. The molecule has 20 heavy (non-hydrogen) atoms. The van der Waals surface area contributed by atoms with Crippen LogP contribution in [0.1, 0.15) is 21.0 Å². The van der Waals surface area contributed by atoms with Crippen LogP contribution in [0.3, 0.4) is 0 Å². The monoisotopic (exact) mass is 283 g/mol. The lowest BCUT2D eigenvalue weighted by atomic mass is 10.3. The molecule has 1 N–H and O–H groups in total. The molecule has 0 aliphatic rings. The number of aromatic carboxylic acids is 1. The first-order valence-electron chi connectivity index (χ1n) is 5.92. The second kappa shape index (κ2) is 8.18. The average molecular weight is 283 g/mol. The third-order valence-electron chi connectivity index (χ3n) is 2.51. The summed E-state index contributed by atoms with van der Waals surface area (Å²) in [6, 6.07) is 0. The smallest absolute Gasteiger partial charge is 0.356 e. The molecule has 0 radical (unpaired) electrons. The molecule has 1 aromatic rings. The summed E-state index contributed by atoms with van der Waals surface area (Å²) in [6.45, 7) is 1.55. The van der Waals surface area contributed by atoms with Gasteiger partial charge in [-0.1, -0.05) is 0 Å². The van der Waals surface area contributed by atoms with E-state index < -0.39 is 5.97 Å². The highest BCUT2D eigenvalue weighted by Crippen LogP contribution is 2.02. The predicted octanol–water partition coefficient (Wildman–Crippen LogP) is -0.0902. The van der Waals surface area contributed by atoms with Crippen LogP contribution in [0.5, 0.6) is 0 Å². The first-order chi connectivity index (χ1) is 9.60. The topological polar surface area (TPSA) is 102 Å². The second-order valence-electron chi connectivity index (χ2n) is 3.87. The molecule has 0 aliphatic heterocycles. The molecule has 8 nitrogen and oxygen atoms in total. The highest BCUT2D eigenvalue weighted by atomic mass is 16.5. The normalized spacial score (nSPS) is 10.3. The maximum absolute atomic E-state index is 12.2. The number of aromatic nitrogens is 2. The van der Waals surface area contributed by atoms with E-state index in [0.717, 1.165) is 12.4 Å². The van der Waals surface area contributed by atoms with Crippen molar-refractivity contribution in [3.63, 3.8) is 0 Å². The molecule has 1 heterocycles. The molecule has 1 rings (SSSR count). The average Bonchev–Trinajstić information content (AvgIpc) is 2.47. The van der Waals surface area contributed by atoms with Crippen molar-refractivity contribution in [2.45, 2.75) is 0 Å². The van der Waals surface area contributed by atoms with Gasteiger partial charge in [0.05, 0.1) is 25.6 Å². The molecule has 0 fully saturated rings. The fourth-order valence-corrected chi connectivity index (χ4v) is 1.43. The molecule has 0 aliphatic carbocycles. The number of ether oxygens (including phenoxy) is 2. The molecule has 8 heteroatoms. The molecule has 0 saturated heterocycles. The lowest BCUT2D eigenvalue weighted by molar-refractivity contribution is 0.0618. The van der Waals surface area contributed by atoms with Gasteiger partial charge in [0.25, 0.3) is 5.91 Å². The van der Waals surface area contributed by atoms with Gasteiger partial charge in [0.1, 0.15) is 5.69 Å². The number of carbonyl (C=O) groups excluding carboxylic acids is 1. The number of carboxylic acids is 1. The Labute approximate surface area is 116 Å². The molecular weight excluding hydrogens is 266 g/mol. The molecular formula is C12H17N3O5. The van der Waals surface area contributed by atoms with Gasteiger partial charge in [0, 0.05) is 27.3 Å². The summed E-state index contributed by atoms with van der Waals surface area (Å²) in [6.07, 6.45) is 2.21. The minimum absolute atomic E-state index is 0.0854. The Bertz CT molecular complexity index is 441. The van der Waals surface area contributed by atoms with E-state index >= 15 is 0 Å². The van der Waals surface area contributed by atoms with E-state index in [-0.39, 0.29) is 17.3 Å². The minimum atomic E-state index is -1.19. The van der Waals surface area contributed by atoms with Crippen LogP contribution in [-0.2, 0) is 9.47 Å². The number of nitrogens with zero attached hydrogens (tertiary/aromatic N) is 3. The Morgan fingerprint density at radius 2 is 1.60 bits per heavy atom. The lowest BCUT2D eigenvalue weighted by Crippen LogP contribution is -2.37. The third kappa shape index (κ3) is 4.56. The van der Waals surface area contributed by atoms with E-state index in [9.17, 15) is 9.59 Å². The fourth-order valence-electron chi connectivity index (χ4n) is 1.43. The van der Waals surface area contributed by atoms with Crippen molar-refractivity contribution in [1.29, 1.82) is 0 Å². The summed E-state index contributed by atoms with van der Waals surface area (Å²) in [7, 11) is 3.08. The highest BCUT2D eigenvalue weighted by Gasteiger charge is 2.17. The van der Waals surface area contributed by atoms with Crippen molar-refractivity contribution in [2.24, 2.45) is 0 Å². The number of hydrogen-bond acceptors (Lipinski definition) is 6. The number of hydrogen-bond donors (Lipinski definition) is 1. The van der Waals surface area contributed by atoms with Gasteiger partial charge >= 0.3 is 5.97 Å². The Morgan fingerprint density at radius 3 is 2.00 bits per heavy atom. The van der Waals surface area contributed by atoms with Gasteiger partial charge < -0.3 is 19.5 Å². The Hall–Kier alpha value is -2.06. The SMILES string of the molecule is COCCN(CCOC)C(=O)c1cnc(C(=O)O)cn1. The van der Waals surface area contributed by atoms with Gasteiger partial charge in [0.2, 0.25) is 0 Å². The molecule has 0 aromatic carbocycles. The Morgan fingerprint density at radius 1 is 1.10 bits per heavy atom. The van der Waals surface area contributed by atoms with Gasteiger partial charge in [-0.3, -0.25) is 4.79 Å². The zero-order chi connectivity index (χ0) is 15.0. The van der Waals surface area contributed by atoms with Gasteiger partial charge in [0.15, 0.2) is 5.69 Å². The number of carboxylic acid groups (broad SMARTS) is 1. The fraction of sp³-hybridized carbons (Fsp3) is 0.500. The summed E-state index contributed by atoms with van der Waals surface area (Å²) in [4.78, 5) is 31.9. The standard InChI is InChI=1S/C12H17N3O5/c1-19-5-3-15(4-6-20-2)11(16)9-7-14-10(8-13-9)12(17)18/h7-8H,3-6H2,1-2H3,(H,17,18). The van der Waals surface area contributed by atoms with Crippen molar-refractivity contribution in [2.75, 3.05) is 40.5 Å². The van der Waals surface area contributed by atoms with Crippen LogP contribution >= 0.6 is 0 Å². The van der Waals surface area contributed by atoms with Gasteiger partial charge in [-0.15, -0.1) is 0 Å². The Balaban J connectivity index is 2.78. The molecule has 1 aromatic heterocycles. The van der Waals surface area contributed by atoms with E-state index in [1.54, 1.807) is 14.2 Å². The van der Waals surface area contributed by atoms with Crippen molar-refractivity contribution < 1.29 is 24.2 Å². The summed E-state index contributed by atoms with van der Waals surface area (Å²) in [5.41, 5.74) is -0.121. The largest absolute Gasteiger partial charge is 0.476 e. The van der Waals surface area contributed by atoms with E-state index in [4.69, 9.17) is 14.6 Å². The quantitative estimate of drug-likeness (QED) is 0.711. The van der Waals surface area contributed by atoms with Crippen LogP contribution < -0.4 is 0 Å². The molecule has 0 bridgehead atoms.